The molecule has 21 heavy (non-hydrogen) atoms. The fourth-order valence-electron chi connectivity index (χ4n) is 2.23. The maximum absolute atomic E-state index is 13.1. The molecule has 0 bridgehead atoms. The van der Waals surface area contributed by atoms with Gasteiger partial charge in [-0.2, -0.15) is 11.3 Å². The molecule has 1 aliphatic heterocycles. The van der Waals surface area contributed by atoms with Gasteiger partial charge in [0.1, 0.15) is 16.5 Å². The average Bonchev–Trinajstić information content (AvgIpc) is 3.05. The van der Waals surface area contributed by atoms with E-state index in [2.05, 4.69) is 4.98 Å². The Morgan fingerprint density at radius 3 is 2.81 bits per heavy atom. The highest BCUT2D eigenvalue weighted by Crippen LogP contribution is 2.36. The van der Waals surface area contributed by atoms with Gasteiger partial charge in [-0.25, -0.2) is 30.9 Å². The number of alkyl halides is 2. The van der Waals surface area contributed by atoms with Crippen LogP contribution in [0.25, 0.3) is 0 Å². The van der Waals surface area contributed by atoms with E-state index < -0.39 is 32.7 Å². The Morgan fingerprint density at radius 1 is 1.33 bits per heavy atom. The van der Waals surface area contributed by atoms with Gasteiger partial charge in [0.15, 0.2) is 0 Å². The topological polar surface area (TPSA) is 50.3 Å². The first-order chi connectivity index (χ1) is 9.91. The fourth-order valence-corrected chi connectivity index (χ4v) is 5.07. The van der Waals surface area contributed by atoms with Crippen molar-refractivity contribution in [3.8, 4) is 0 Å². The predicted octanol–water partition coefficient (Wildman–Crippen LogP) is 2.97. The van der Waals surface area contributed by atoms with Gasteiger partial charge >= 0.3 is 0 Å². The number of fused-ring (bicyclic) bond motifs is 1. The minimum atomic E-state index is -4.12. The van der Waals surface area contributed by atoms with Crippen LogP contribution in [0.5, 0.6) is 0 Å². The van der Waals surface area contributed by atoms with E-state index in [0.717, 1.165) is 27.2 Å². The largest absolute Gasteiger partial charge is 0.266 e. The Bertz CT molecular complexity index is 790. The lowest BCUT2D eigenvalue weighted by Crippen LogP contribution is -2.30. The Balaban J connectivity index is 2.07. The van der Waals surface area contributed by atoms with Gasteiger partial charge in [0.05, 0.1) is 6.20 Å². The lowest BCUT2D eigenvalue weighted by molar-refractivity contribution is 0.148. The molecule has 9 heteroatoms. The molecular formula is C12H9F3N2O2S2. The lowest BCUT2D eigenvalue weighted by atomic mass is 10.2. The zero-order valence-corrected chi connectivity index (χ0v) is 12.1. The quantitative estimate of drug-likeness (QED) is 0.867. The molecule has 1 aliphatic rings. The van der Waals surface area contributed by atoms with Gasteiger partial charge in [-0.1, -0.05) is 0 Å². The molecule has 0 radical (unpaired) electrons. The van der Waals surface area contributed by atoms with Crippen LogP contribution in [0.2, 0.25) is 0 Å². The number of sulfonamides is 1. The molecule has 0 saturated heterocycles. The summed E-state index contributed by atoms with van der Waals surface area (Å²) in [6.07, 6.45) is -1.66. The third-order valence-electron chi connectivity index (χ3n) is 3.19. The van der Waals surface area contributed by atoms with E-state index in [4.69, 9.17) is 0 Å². The Morgan fingerprint density at radius 2 is 2.10 bits per heavy atom. The van der Waals surface area contributed by atoms with E-state index >= 15 is 0 Å². The Kier molecular flexibility index (Phi) is 3.40. The summed E-state index contributed by atoms with van der Waals surface area (Å²) >= 11 is 0.898. The molecule has 2 aromatic rings. The normalized spacial score (nSPS) is 14.8. The number of rotatable bonds is 3. The second-order valence-corrected chi connectivity index (χ2v) is 7.03. The van der Waals surface area contributed by atoms with Crippen LogP contribution >= 0.6 is 11.3 Å². The fraction of sp³-hybridized carbons (Fsp3) is 0.250. The number of nitrogens with zero attached hydrogens (tertiary/aromatic N) is 2. The first-order valence-corrected chi connectivity index (χ1v) is 8.31. The number of hydrogen-bond acceptors (Lipinski definition) is 4. The highest BCUT2D eigenvalue weighted by atomic mass is 32.2. The van der Waals surface area contributed by atoms with Crippen molar-refractivity contribution in [2.45, 2.75) is 17.7 Å². The second kappa shape index (κ2) is 4.99. The van der Waals surface area contributed by atoms with E-state index in [-0.39, 0.29) is 12.4 Å². The summed E-state index contributed by atoms with van der Waals surface area (Å²) in [4.78, 5) is 3.36. The molecule has 3 heterocycles. The zero-order chi connectivity index (χ0) is 15.2. The van der Waals surface area contributed by atoms with Gasteiger partial charge in [0.2, 0.25) is 0 Å². The third-order valence-corrected chi connectivity index (χ3v) is 5.94. The van der Waals surface area contributed by atoms with Crippen LogP contribution in [-0.2, 0) is 16.4 Å². The van der Waals surface area contributed by atoms with Gasteiger partial charge in [-0.05, 0) is 12.5 Å². The minimum absolute atomic E-state index is 0.0621. The van der Waals surface area contributed by atoms with Gasteiger partial charge < -0.3 is 0 Å². The summed E-state index contributed by atoms with van der Waals surface area (Å²) in [5.41, 5.74) is -0.0667. The molecule has 0 aromatic carbocycles. The molecular weight excluding hydrogens is 325 g/mol. The van der Waals surface area contributed by atoms with Crippen molar-refractivity contribution in [1.82, 2.24) is 4.98 Å². The molecule has 0 N–H and O–H groups in total. The van der Waals surface area contributed by atoms with Crippen molar-refractivity contribution in [2.24, 2.45) is 0 Å². The molecule has 112 valence electrons. The number of thiophene rings is 1. The van der Waals surface area contributed by atoms with E-state index in [0.29, 0.717) is 12.0 Å². The monoisotopic (exact) mass is 334 g/mol. The highest BCUT2D eigenvalue weighted by Gasteiger charge is 2.35. The summed E-state index contributed by atoms with van der Waals surface area (Å²) in [5.74, 6) is -0.459. The maximum Gasteiger partial charge on any atom is 0.266 e. The van der Waals surface area contributed by atoms with Crippen LogP contribution in [0.1, 0.15) is 17.6 Å². The lowest BCUT2D eigenvalue weighted by Gasteiger charge is -2.18. The van der Waals surface area contributed by atoms with E-state index in [1.807, 2.05) is 0 Å². The minimum Gasteiger partial charge on any atom is -0.249 e. The molecule has 0 unspecified atom stereocenters. The van der Waals surface area contributed by atoms with Gasteiger partial charge in [0, 0.05) is 28.4 Å². The Hall–Kier alpha value is -1.61. The molecule has 0 atom stereocenters. The number of hydrogen-bond donors (Lipinski definition) is 0. The Labute approximate surface area is 122 Å². The van der Waals surface area contributed by atoms with Crippen LogP contribution in [0.15, 0.2) is 27.9 Å². The first kappa shape index (κ1) is 14.3. The standard InChI is InChI=1S/C12H9F3N2O2S2/c13-8-3-7-1-2-17(12(7)16-4-8)21(18,19)10-6-20-5-9(10)11(14)15/h3-6,11H,1-2H2. The van der Waals surface area contributed by atoms with E-state index in [1.54, 1.807) is 0 Å². The molecule has 2 aromatic heterocycles. The smallest absolute Gasteiger partial charge is 0.249 e. The van der Waals surface area contributed by atoms with Gasteiger partial charge in [-0.3, -0.25) is 0 Å². The number of halogens is 3. The molecule has 0 spiro atoms. The van der Waals surface area contributed by atoms with Crippen LogP contribution in [0.4, 0.5) is 19.0 Å². The van der Waals surface area contributed by atoms with Crippen molar-refractivity contribution in [3.63, 3.8) is 0 Å². The van der Waals surface area contributed by atoms with Gasteiger partial charge in [-0.15, -0.1) is 0 Å². The maximum atomic E-state index is 13.1. The van der Waals surface area contributed by atoms with Crippen molar-refractivity contribution >= 4 is 27.2 Å². The molecule has 4 nitrogen and oxygen atoms in total. The van der Waals surface area contributed by atoms with Crippen LogP contribution in [0.3, 0.4) is 0 Å². The molecule has 0 amide bonds. The second-order valence-electron chi connectivity index (χ2n) is 4.46. The summed E-state index contributed by atoms with van der Waals surface area (Å²) in [5, 5.41) is 2.30. The summed E-state index contributed by atoms with van der Waals surface area (Å²) in [6.45, 7) is 0.0621. The predicted molar refractivity (Wildman–Crippen MR) is 71.7 cm³/mol. The van der Waals surface area contributed by atoms with Crippen molar-refractivity contribution in [1.29, 1.82) is 0 Å². The molecule has 3 rings (SSSR count). The summed E-state index contributed by atoms with van der Waals surface area (Å²) in [6, 6.07) is 1.21. The zero-order valence-electron chi connectivity index (χ0n) is 10.5. The van der Waals surface area contributed by atoms with Crippen molar-refractivity contribution in [3.05, 3.63) is 40.0 Å². The number of anilines is 1. The summed E-state index contributed by atoms with van der Waals surface area (Å²) in [7, 11) is -4.12. The number of pyridine rings is 1. The SMILES string of the molecule is O=S(=O)(c1cscc1C(F)F)N1CCc2cc(F)cnc21. The van der Waals surface area contributed by atoms with E-state index in [9.17, 15) is 21.6 Å². The first-order valence-electron chi connectivity index (χ1n) is 5.92. The molecule has 0 saturated carbocycles. The third kappa shape index (κ3) is 2.30. The van der Waals surface area contributed by atoms with Crippen LogP contribution < -0.4 is 4.31 Å². The van der Waals surface area contributed by atoms with Crippen LogP contribution in [-0.4, -0.2) is 19.9 Å². The van der Waals surface area contributed by atoms with Crippen LogP contribution in [0, 0.1) is 5.82 Å². The van der Waals surface area contributed by atoms with Crippen molar-refractivity contribution in [2.75, 3.05) is 10.8 Å². The van der Waals surface area contributed by atoms with E-state index in [1.165, 1.54) is 11.4 Å². The highest BCUT2D eigenvalue weighted by molar-refractivity contribution is 7.93. The molecule has 0 fully saturated rings. The van der Waals surface area contributed by atoms with Crippen molar-refractivity contribution < 1.29 is 21.6 Å². The average molecular weight is 334 g/mol. The number of aromatic nitrogens is 1. The van der Waals surface area contributed by atoms with Gasteiger partial charge in [0.25, 0.3) is 16.4 Å². The molecule has 0 aliphatic carbocycles. The summed E-state index contributed by atoms with van der Waals surface area (Å²) < 4.78 is 64.9.